The number of nitrogens with one attached hydrogen (secondary N) is 1. The van der Waals surface area contributed by atoms with Crippen molar-refractivity contribution in [2.24, 2.45) is 5.10 Å². The normalized spacial score (nSPS) is 16.6. The summed E-state index contributed by atoms with van der Waals surface area (Å²) < 4.78 is 12.9. The summed E-state index contributed by atoms with van der Waals surface area (Å²) in [5.41, 5.74) is 14.2. The molecule has 0 bridgehead atoms. The zero-order valence-electron chi connectivity index (χ0n) is 23.2. The number of hydrogen-bond acceptors (Lipinski definition) is 4. The summed E-state index contributed by atoms with van der Waals surface area (Å²) >= 11 is 0. The molecule has 0 saturated carbocycles. The lowest BCUT2D eigenvalue weighted by Gasteiger charge is -2.39. The van der Waals surface area contributed by atoms with Crippen molar-refractivity contribution in [1.82, 2.24) is 5.43 Å². The third kappa shape index (κ3) is 3.47. The Morgan fingerprint density at radius 3 is 1.93 bits per heavy atom. The molecule has 6 aromatic carbocycles. The van der Waals surface area contributed by atoms with Crippen molar-refractivity contribution in [2.75, 3.05) is 0 Å². The van der Waals surface area contributed by atoms with Crippen LogP contribution in [-0.2, 0) is 10.2 Å². The molecule has 4 nitrogen and oxygen atoms in total. The fraction of sp³-hybridized carbons (Fsp3) is 0.0513. The minimum absolute atomic E-state index is 0.301. The molecule has 3 aliphatic rings. The molecule has 0 radical (unpaired) electrons. The molecular formula is C39H26N2O2. The van der Waals surface area contributed by atoms with Gasteiger partial charge in [-0.05, 0) is 57.6 Å². The maximum Gasteiger partial charge on any atom is 0.240 e. The third-order valence-electron chi connectivity index (χ3n) is 8.91. The lowest BCUT2D eigenvalue weighted by molar-refractivity contribution is 0.192. The molecule has 0 aromatic heterocycles. The van der Waals surface area contributed by atoms with Crippen molar-refractivity contribution < 1.29 is 9.47 Å². The fourth-order valence-electron chi connectivity index (χ4n) is 7.06. The Morgan fingerprint density at radius 1 is 0.512 bits per heavy atom. The highest BCUT2D eigenvalue weighted by Gasteiger charge is 2.50. The molecule has 1 aliphatic carbocycles. The minimum atomic E-state index is -0.456. The summed E-state index contributed by atoms with van der Waals surface area (Å²) in [7, 11) is 0. The first-order valence-corrected chi connectivity index (χ1v) is 14.6. The van der Waals surface area contributed by atoms with Crippen LogP contribution in [0.15, 0.2) is 151 Å². The Balaban J connectivity index is 1.16. The first-order valence-electron chi connectivity index (χ1n) is 14.6. The van der Waals surface area contributed by atoms with Gasteiger partial charge in [0.1, 0.15) is 11.5 Å². The molecule has 1 unspecified atom stereocenters. The molecule has 1 N–H and O–H groups in total. The van der Waals surface area contributed by atoms with Crippen LogP contribution < -0.4 is 10.2 Å². The van der Waals surface area contributed by atoms with Crippen molar-refractivity contribution in [3.05, 3.63) is 179 Å². The molecule has 0 fully saturated rings. The summed E-state index contributed by atoms with van der Waals surface area (Å²) in [5, 5.41) is 4.50. The van der Waals surface area contributed by atoms with Gasteiger partial charge >= 0.3 is 0 Å². The maximum absolute atomic E-state index is 6.69. The van der Waals surface area contributed by atoms with Crippen molar-refractivity contribution in [1.29, 1.82) is 0 Å². The van der Waals surface area contributed by atoms with Gasteiger partial charge in [0.25, 0.3) is 0 Å². The average Bonchev–Trinajstić information content (AvgIpc) is 3.68. The molecule has 2 heterocycles. The molecular weight excluding hydrogens is 528 g/mol. The highest BCUT2D eigenvalue weighted by atomic mass is 16.5. The molecule has 1 spiro atoms. The number of ether oxygens (including phenoxy) is 2. The van der Waals surface area contributed by atoms with E-state index in [-0.39, 0.29) is 6.23 Å². The maximum atomic E-state index is 6.69. The van der Waals surface area contributed by atoms with Crippen LogP contribution in [0.2, 0.25) is 0 Å². The van der Waals surface area contributed by atoms with Gasteiger partial charge in [0.05, 0.1) is 5.41 Å². The van der Waals surface area contributed by atoms with E-state index < -0.39 is 5.41 Å². The number of fused-ring (bicyclic) bond motifs is 9. The van der Waals surface area contributed by atoms with Crippen molar-refractivity contribution in [3.63, 3.8) is 0 Å². The fourth-order valence-corrected chi connectivity index (χ4v) is 7.06. The van der Waals surface area contributed by atoms with Crippen LogP contribution >= 0.6 is 0 Å². The average molecular weight is 555 g/mol. The Kier molecular flexibility index (Phi) is 5.14. The largest absolute Gasteiger partial charge is 0.457 e. The van der Waals surface area contributed by atoms with E-state index in [1.54, 1.807) is 0 Å². The standard InChI is InChI=1S/C39H26N2O2/c1-2-11-25(12-3-1)37-40-41-38(43-37)28-14-10-13-26(23-28)27-21-22-34-36(24-27)42-35-20-9-8-19-33(35)39(34)31-17-6-4-15-29(31)30-16-5-7-18-32(30)39/h1-24,37,40H. The van der Waals surface area contributed by atoms with Gasteiger partial charge in [0.15, 0.2) is 0 Å². The van der Waals surface area contributed by atoms with Crippen LogP contribution in [0.1, 0.15) is 39.6 Å². The zero-order valence-corrected chi connectivity index (χ0v) is 23.2. The van der Waals surface area contributed by atoms with Crippen LogP contribution in [0.5, 0.6) is 11.5 Å². The highest BCUT2D eigenvalue weighted by Crippen LogP contribution is 2.62. The van der Waals surface area contributed by atoms with E-state index in [9.17, 15) is 0 Å². The molecule has 204 valence electrons. The molecule has 4 heteroatoms. The highest BCUT2D eigenvalue weighted by molar-refractivity contribution is 5.96. The van der Waals surface area contributed by atoms with Gasteiger partial charge in [0, 0.05) is 22.3 Å². The molecule has 0 amide bonds. The monoisotopic (exact) mass is 554 g/mol. The second-order valence-electron chi connectivity index (χ2n) is 11.2. The molecule has 1 atom stereocenters. The number of para-hydroxylation sites is 1. The van der Waals surface area contributed by atoms with Gasteiger partial charge < -0.3 is 9.47 Å². The van der Waals surface area contributed by atoms with Crippen LogP contribution in [-0.4, -0.2) is 5.90 Å². The predicted octanol–water partition coefficient (Wildman–Crippen LogP) is 8.80. The molecule has 43 heavy (non-hydrogen) atoms. The van der Waals surface area contributed by atoms with Gasteiger partial charge in [-0.25, -0.2) is 0 Å². The zero-order chi connectivity index (χ0) is 28.4. The van der Waals surface area contributed by atoms with Crippen LogP contribution in [0.4, 0.5) is 0 Å². The van der Waals surface area contributed by atoms with E-state index >= 15 is 0 Å². The summed E-state index contributed by atoms with van der Waals surface area (Å²) in [6.07, 6.45) is -0.301. The Morgan fingerprint density at radius 2 is 1.14 bits per heavy atom. The van der Waals surface area contributed by atoms with E-state index in [4.69, 9.17) is 9.47 Å². The number of hydrazone groups is 1. The number of rotatable bonds is 3. The SMILES string of the molecule is c1ccc(C2NN=C(c3cccc(-c4ccc5c(c4)Oc4ccccc4C54c5ccccc5-c5ccccc54)c3)O2)cc1. The smallest absolute Gasteiger partial charge is 0.240 e. The second kappa shape index (κ2) is 9.20. The second-order valence-corrected chi connectivity index (χ2v) is 11.2. The van der Waals surface area contributed by atoms with E-state index in [0.29, 0.717) is 5.90 Å². The van der Waals surface area contributed by atoms with E-state index in [1.165, 1.54) is 27.8 Å². The Bertz CT molecular complexity index is 2040. The molecule has 9 rings (SSSR count). The summed E-state index contributed by atoms with van der Waals surface area (Å²) in [4.78, 5) is 0. The molecule has 6 aromatic rings. The molecule has 0 saturated heterocycles. The predicted molar refractivity (Wildman–Crippen MR) is 169 cm³/mol. The van der Waals surface area contributed by atoms with Crippen LogP contribution in [0, 0.1) is 0 Å². The van der Waals surface area contributed by atoms with Gasteiger partial charge in [-0.3, -0.25) is 5.43 Å². The van der Waals surface area contributed by atoms with Gasteiger partial charge in [-0.15, -0.1) is 5.10 Å². The van der Waals surface area contributed by atoms with Crippen LogP contribution in [0.25, 0.3) is 22.3 Å². The van der Waals surface area contributed by atoms with Crippen molar-refractivity contribution in [3.8, 4) is 33.8 Å². The minimum Gasteiger partial charge on any atom is -0.457 e. The van der Waals surface area contributed by atoms with E-state index in [2.05, 4.69) is 114 Å². The topological polar surface area (TPSA) is 42.9 Å². The third-order valence-corrected chi connectivity index (χ3v) is 8.91. The molecule has 2 aliphatic heterocycles. The van der Waals surface area contributed by atoms with E-state index in [1.807, 2.05) is 42.5 Å². The number of hydrogen-bond donors (Lipinski definition) is 1. The van der Waals surface area contributed by atoms with Gasteiger partial charge in [-0.2, -0.15) is 0 Å². The summed E-state index contributed by atoms with van der Waals surface area (Å²) in [5.74, 6) is 2.34. The number of benzene rings is 6. The van der Waals surface area contributed by atoms with Gasteiger partial charge in [0.2, 0.25) is 12.1 Å². The summed E-state index contributed by atoms with van der Waals surface area (Å²) in [6, 6.07) is 51.1. The van der Waals surface area contributed by atoms with Gasteiger partial charge in [-0.1, -0.05) is 121 Å². The lowest BCUT2D eigenvalue weighted by atomic mass is 9.66. The Labute approximate surface area is 249 Å². The van der Waals surface area contributed by atoms with Crippen molar-refractivity contribution in [2.45, 2.75) is 11.6 Å². The summed E-state index contributed by atoms with van der Waals surface area (Å²) in [6.45, 7) is 0. The lowest BCUT2D eigenvalue weighted by Crippen LogP contribution is -2.32. The Hall–Kier alpha value is -5.61. The van der Waals surface area contributed by atoms with E-state index in [0.717, 1.165) is 39.3 Å². The number of nitrogens with zero attached hydrogens (tertiary/aromatic N) is 1. The van der Waals surface area contributed by atoms with Crippen molar-refractivity contribution >= 4 is 5.90 Å². The van der Waals surface area contributed by atoms with Crippen LogP contribution in [0.3, 0.4) is 0 Å². The quantitative estimate of drug-likeness (QED) is 0.237. The first kappa shape index (κ1) is 24.0. The first-order chi connectivity index (χ1) is 21.3.